The number of benzene rings is 1. The number of nitrogens with one attached hydrogen (secondary N) is 1. The van der Waals surface area contributed by atoms with E-state index in [9.17, 15) is 9.18 Å². The molecule has 2 heterocycles. The van der Waals surface area contributed by atoms with Crippen LogP contribution in [0.1, 0.15) is 26.6 Å². The Morgan fingerprint density at radius 2 is 2.00 bits per heavy atom. The Bertz CT molecular complexity index is 822. The number of aryl methyl sites for hydroxylation is 1. The lowest BCUT2D eigenvalue weighted by atomic mass is 10.2. The van der Waals surface area contributed by atoms with Crippen molar-refractivity contribution in [1.29, 1.82) is 0 Å². The van der Waals surface area contributed by atoms with Gasteiger partial charge < -0.3 is 5.32 Å². The summed E-state index contributed by atoms with van der Waals surface area (Å²) in [6.07, 6.45) is 0. The Balaban J connectivity index is 1.85. The molecular formula is C17H16FN3OS. The van der Waals surface area contributed by atoms with Gasteiger partial charge >= 0.3 is 0 Å². The molecule has 23 heavy (non-hydrogen) atoms. The van der Waals surface area contributed by atoms with E-state index in [0.29, 0.717) is 17.8 Å². The molecule has 1 aromatic carbocycles. The van der Waals surface area contributed by atoms with Gasteiger partial charge in [-0.1, -0.05) is 6.07 Å². The van der Waals surface area contributed by atoms with Crippen LogP contribution in [0.5, 0.6) is 0 Å². The van der Waals surface area contributed by atoms with Crippen LogP contribution in [-0.2, 0) is 6.54 Å². The number of aromatic nitrogens is 2. The summed E-state index contributed by atoms with van der Waals surface area (Å²) in [6.45, 7) is 4.13. The van der Waals surface area contributed by atoms with Gasteiger partial charge in [0.05, 0.1) is 29.2 Å². The number of halogens is 1. The van der Waals surface area contributed by atoms with Crippen LogP contribution in [0.15, 0.2) is 41.8 Å². The SMILES string of the molecule is Cc1nn(-c2ccc(F)cc2)c(C)c1C(=O)NCc1cccs1. The van der Waals surface area contributed by atoms with Gasteiger partial charge in [-0.25, -0.2) is 9.07 Å². The van der Waals surface area contributed by atoms with Crippen LogP contribution < -0.4 is 5.32 Å². The molecule has 0 atom stereocenters. The number of rotatable bonds is 4. The van der Waals surface area contributed by atoms with Gasteiger partial charge in [-0.15, -0.1) is 11.3 Å². The predicted octanol–water partition coefficient (Wildman–Crippen LogP) is 3.62. The minimum Gasteiger partial charge on any atom is -0.347 e. The molecular weight excluding hydrogens is 313 g/mol. The van der Waals surface area contributed by atoms with Gasteiger partial charge in [0, 0.05) is 4.88 Å². The highest BCUT2D eigenvalue weighted by atomic mass is 32.1. The summed E-state index contributed by atoms with van der Waals surface area (Å²) >= 11 is 1.60. The minimum atomic E-state index is -0.302. The van der Waals surface area contributed by atoms with Crippen molar-refractivity contribution in [3.05, 3.63) is 69.4 Å². The molecule has 0 spiro atoms. The molecule has 0 fully saturated rings. The summed E-state index contributed by atoms with van der Waals surface area (Å²) < 4.78 is 14.7. The first kappa shape index (κ1) is 15.4. The molecule has 3 rings (SSSR count). The number of hydrogen-bond donors (Lipinski definition) is 1. The van der Waals surface area contributed by atoms with Gasteiger partial charge in [-0.2, -0.15) is 5.10 Å². The Morgan fingerprint density at radius 1 is 1.26 bits per heavy atom. The van der Waals surface area contributed by atoms with Crippen molar-refractivity contribution in [2.45, 2.75) is 20.4 Å². The van der Waals surface area contributed by atoms with Gasteiger partial charge in [0.1, 0.15) is 5.82 Å². The first-order valence-electron chi connectivity index (χ1n) is 7.19. The summed E-state index contributed by atoms with van der Waals surface area (Å²) in [6, 6.07) is 9.97. The first-order chi connectivity index (χ1) is 11.1. The lowest BCUT2D eigenvalue weighted by Crippen LogP contribution is -2.23. The van der Waals surface area contributed by atoms with Crippen LogP contribution in [-0.4, -0.2) is 15.7 Å². The minimum absolute atomic E-state index is 0.151. The maximum Gasteiger partial charge on any atom is 0.255 e. The lowest BCUT2D eigenvalue weighted by molar-refractivity contribution is 0.0950. The Hall–Kier alpha value is -2.47. The summed E-state index contributed by atoms with van der Waals surface area (Å²) in [7, 11) is 0. The fourth-order valence-corrected chi connectivity index (χ4v) is 3.12. The van der Waals surface area contributed by atoms with E-state index in [4.69, 9.17) is 0 Å². The molecule has 1 N–H and O–H groups in total. The van der Waals surface area contributed by atoms with Crippen LogP contribution in [0.25, 0.3) is 5.69 Å². The Morgan fingerprint density at radius 3 is 2.65 bits per heavy atom. The van der Waals surface area contributed by atoms with Crippen molar-refractivity contribution >= 4 is 17.2 Å². The zero-order valence-electron chi connectivity index (χ0n) is 12.8. The largest absolute Gasteiger partial charge is 0.347 e. The third-order valence-electron chi connectivity index (χ3n) is 3.59. The molecule has 0 saturated carbocycles. The molecule has 0 bridgehead atoms. The zero-order chi connectivity index (χ0) is 16.4. The van der Waals surface area contributed by atoms with Gasteiger partial charge in [0.2, 0.25) is 0 Å². The smallest absolute Gasteiger partial charge is 0.255 e. The topological polar surface area (TPSA) is 46.9 Å². The Kier molecular flexibility index (Phi) is 4.25. The predicted molar refractivity (Wildman–Crippen MR) is 88.5 cm³/mol. The van der Waals surface area contributed by atoms with Crippen molar-refractivity contribution in [3.8, 4) is 5.69 Å². The van der Waals surface area contributed by atoms with Crippen LogP contribution in [0.2, 0.25) is 0 Å². The van der Waals surface area contributed by atoms with Crippen molar-refractivity contribution in [2.24, 2.45) is 0 Å². The number of hydrogen-bond acceptors (Lipinski definition) is 3. The Labute approximate surface area is 137 Å². The summed E-state index contributed by atoms with van der Waals surface area (Å²) in [5.74, 6) is -0.453. The summed E-state index contributed by atoms with van der Waals surface area (Å²) in [4.78, 5) is 13.6. The number of amides is 1. The zero-order valence-corrected chi connectivity index (χ0v) is 13.7. The van der Waals surface area contributed by atoms with Crippen LogP contribution in [0.4, 0.5) is 4.39 Å². The van der Waals surface area contributed by atoms with E-state index in [1.807, 2.05) is 24.4 Å². The average Bonchev–Trinajstić information content (AvgIpc) is 3.14. The fraction of sp³-hybridized carbons (Fsp3) is 0.176. The van der Waals surface area contributed by atoms with Gasteiger partial charge in [-0.05, 0) is 49.6 Å². The van der Waals surface area contributed by atoms with Gasteiger partial charge in [0.25, 0.3) is 5.91 Å². The van der Waals surface area contributed by atoms with E-state index in [0.717, 1.165) is 16.3 Å². The first-order valence-corrected chi connectivity index (χ1v) is 8.07. The van der Waals surface area contributed by atoms with Crippen molar-refractivity contribution < 1.29 is 9.18 Å². The van der Waals surface area contributed by atoms with E-state index in [-0.39, 0.29) is 11.7 Å². The van der Waals surface area contributed by atoms with E-state index in [1.165, 1.54) is 12.1 Å². The molecule has 3 aromatic rings. The molecule has 6 heteroatoms. The van der Waals surface area contributed by atoms with E-state index in [2.05, 4.69) is 10.4 Å². The highest BCUT2D eigenvalue weighted by molar-refractivity contribution is 7.09. The van der Waals surface area contributed by atoms with Crippen molar-refractivity contribution in [1.82, 2.24) is 15.1 Å². The van der Waals surface area contributed by atoms with Crippen molar-refractivity contribution in [2.75, 3.05) is 0 Å². The van der Waals surface area contributed by atoms with Crippen LogP contribution in [0.3, 0.4) is 0 Å². The van der Waals surface area contributed by atoms with E-state index < -0.39 is 0 Å². The highest BCUT2D eigenvalue weighted by Gasteiger charge is 2.19. The molecule has 4 nitrogen and oxygen atoms in total. The third-order valence-corrected chi connectivity index (χ3v) is 4.47. The second kappa shape index (κ2) is 6.34. The molecule has 0 aliphatic heterocycles. The molecule has 1 amide bonds. The molecule has 0 aliphatic carbocycles. The molecule has 118 valence electrons. The van der Waals surface area contributed by atoms with Crippen molar-refractivity contribution in [3.63, 3.8) is 0 Å². The van der Waals surface area contributed by atoms with Crippen LogP contribution >= 0.6 is 11.3 Å². The van der Waals surface area contributed by atoms with E-state index in [1.54, 1.807) is 35.1 Å². The summed E-state index contributed by atoms with van der Waals surface area (Å²) in [5, 5.41) is 9.30. The normalized spacial score (nSPS) is 10.7. The second-order valence-electron chi connectivity index (χ2n) is 5.20. The molecule has 2 aromatic heterocycles. The standard InChI is InChI=1S/C17H16FN3OS/c1-11-16(17(22)19-10-15-4-3-9-23-15)12(2)21(20-11)14-7-5-13(18)6-8-14/h3-9H,10H2,1-2H3,(H,19,22). The summed E-state index contributed by atoms with van der Waals surface area (Å²) in [5.41, 5.74) is 2.67. The fourth-order valence-electron chi connectivity index (χ4n) is 2.47. The number of carbonyl (C=O) groups is 1. The van der Waals surface area contributed by atoms with Gasteiger partial charge in [0.15, 0.2) is 0 Å². The molecule has 0 radical (unpaired) electrons. The highest BCUT2D eigenvalue weighted by Crippen LogP contribution is 2.18. The quantitative estimate of drug-likeness (QED) is 0.795. The molecule has 0 unspecified atom stereocenters. The third kappa shape index (κ3) is 3.17. The number of nitrogens with zero attached hydrogens (tertiary/aromatic N) is 2. The molecule has 0 saturated heterocycles. The van der Waals surface area contributed by atoms with Crippen LogP contribution in [0, 0.1) is 19.7 Å². The molecule has 0 aliphatic rings. The number of carbonyl (C=O) groups excluding carboxylic acids is 1. The second-order valence-corrected chi connectivity index (χ2v) is 6.23. The van der Waals surface area contributed by atoms with Gasteiger partial charge in [-0.3, -0.25) is 4.79 Å². The lowest BCUT2D eigenvalue weighted by Gasteiger charge is -2.06. The average molecular weight is 329 g/mol. The number of thiophene rings is 1. The monoisotopic (exact) mass is 329 g/mol. The van der Waals surface area contributed by atoms with E-state index >= 15 is 0 Å². The maximum absolute atomic E-state index is 13.1. The maximum atomic E-state index is 13.1.